The van der Waals surface area contributed by atoms with E-state index in [0.29, 0.717) is 12.6 Å². The molecule has 3 aromatic rings. The standard InChI is InChI=1S/C23H26F3N3O2/c1-15-10-19(28-9-8-18(14-28)27(2)3)11-17-13-29(22(30)21(15)17)12-16-4-6-20(7-5-16)31-23(24,25)26/h4-7,10-11,13,18,30H,8-9,12,14H2,1-3H3/t18-/m1/s1. The maximum Gasteiger partial charge on any atom is 0.573 e. The molecule has 1 N–H and O–H groups in total. The monoisotopic (exact) mass is 433 g/mol. The number of hydrogen-bond acceptors (Lipinski definition) is 4. The molecule has 0 aliphatic carbocycles. The lowest BCUT2D eigenvalue weighted by Crippen LogP contribution is -2.31. The molecule has 5 nitrogen and oxygen atoms in total. The van der Waals surface area contributed by atoms with E-state index in [0.717, 1.165) is 47.1 Å². The molecule has 2 aromatic carbocycles. The van der Waals surface area contributed by atoms with Gasteiger partial charge in [-0.15, -0.1) is 13.2 Å². The van der Waals surface area contributed by atoms with E-state index in [1.165, 1.54) is 12.1 Å². The van der Waals surface area contributed by atoms with Crippen LogP contribution in [0.3, 0.4) is 0 Å². The van der Waals surface area contributed by atoms with Crippen LogP contribution in [0.2, 0.25) is 0 Å². The molecule has 31 heavy (non-hydrogen) atoms. The summed E-state index contributed by atoms with van der Waals surface area (Å²) in [6.07, 6.45) is -1.71. The molecule has 0 saturated carbocycles. The van der Waals surface area contributed by atoms with E-state index < -0.39 is 6.36 Å². The van der Waals surface area contributed by atoms with E-state index in [9.17, 15) is 18.3 Å². The summed E-state index contributed by atoms with van der Waals surface area (Å²) >= 11 is 0. The molecule has 0 spiro atoms. The molecule has 0 bridgehead atoms. The maximum atomic E-state index is 12.3. The zero-order chi connectivity index (χ0) is 22.3. The molecule has 1 atom stereocenters. The lowest BCUT2D eigenvalue weighted by atomic mass is 10.1. The summed E-state index contributed by atoms with van der Waals surface area (Å²) in [4.78, 5) is 4.61. The van der Waals surface area contributed by atoms with E-state index in [-0.39, 0.29) is 11.6 Å². The van der Waals surface area contributed by atoms with Gasteiger partial charge >= 0.3 is 6.36 Å². The van der Waals surface area contributed by atoms with Gasteiger partial charge in [0.15, 0.2) is 5.88 Å². The fraction of sp³-hybridized carbons (Fsp3) is 0.391. The lowest BCUT2D eigenvalue weighted by molar-refractivity contribution is -0.274. The summed E-state index contributed by atoms with van der Waals surface area (Å²) in [5.41, 5.74) is 2.89. The highest BCUT2D eigenvalue weighted by Crippen LogP contribution is 2.35. The number of anilines is 1. The van der Waals surface area contributed by atoms with Gasteiger partial charge in [-0.3, -0.25) is 0 Å². The number of hydrogen-bond donors (Lipinski definition) is 1. The van der Waals surface area contributed by atoms with Crippen molar-refractivity contribution in [3.05, 3.63) is 53.7 Å². The first-order valence-electron chi connectivity index (χ1n) is 10.2. The number of benzene rings is 2. The Morgan fingerprint density at radius 2 is 1.87 bits per heavy atom. The molecule has 0 radical (unpaired) electrons. The predicted molar refractivity (Wildman–Crippen MR) is 115 cm³/mol. The Bertz CT molecular complexity index is 1070. The second-order valence-corrected chi connectivity index (χ2v) is 8.35. The van der Waals surface area contributed by atoms with Crippen LogP contribution in [0, 0.1) is 6.92 Å². The third kappa shape index (κ3) is 4.58. The van der Waals surface area contributed by atoms with Crippen molar-refractivity contribution in [2.24, 2.45) is 0 Å². The summed E-state index contributed by atoms with van der Waals surface area (Å²) in [7, 11) is 4.20. The Kier molecular flexibility index (Phi) is 5.51. The second-order valence-electron chi connectivity index (χ2n) is 8.35. The number of aromatic hydroxyl groups is 1. The minimum Gasteiger partial charge on any atom is -0.494 e. The zero-order valence-electron chi connectivity index (χ0n) is 17.8. The largest absolute Gasteiger partial charge is 0.573 e. The first-order chi connectivity index (χ1) is 14.6. The van der Waals surface area contributed by atoms with Crippen LogP contribution in [0.4, 0.5) is 18.9 Å². The molecule has 8 heteroatoms. The van der Waals surface area contributed by atoms with E-state index >= 15 is 0 Å². The van der Waals surface area contributed by atoms with Crippen LogP contribution in [-0.4, -0.2) is 54.2 Å². The van der Waals surface area contributed by atoms with E-state index in [1.54, 1.807) is 16.7 Å². The first-order valence-corrected chi connectivity index (χ1v) is 10.2. The van der Waals surface area contributed by atoms with Gasteiger partial charge in [0.25, 0.3) is 0 Å². The number of ether oxygens (including phenoxy) is 1. The van der Waals surface area contributed by atoms with Gasteiger partial charge in [-0.1, -0.05) is 12.1 Å². The SMILES string of the molecule is Cc1cc(N2CC[C@@H](N(C)C)C2)cc2cn(Cc3ccc(OC(F)(F)F)cc3)c(O)c12. The molecule has 2 heterocycles. The van der Waals surface area contributed by atoms with Crippen molar-refractivity contribution in [1.29, 1.82) is 0 Å². The Labute approximate surface area is 179 Å². The van der Waals surface area contributed by atoms with Crippen LogP contribution in [0.1, 0.15) is 17.5 Å². The molecule has 1 aliphatic rings. The van der Waals surface area contributed by atoms with E-state index in [2.05, 4.69) is 40.8 Å². The van der Waals surface area contributed by atoms with Crippen molar-refractivity contribution in [2.45, 2.75) is 32.3 Å². The molecule has 1 aliphatic heterocycles. The Morgan fingerprint density at radius 3 is 2.48 bits per heavy atom. The summed E-state index contributed by atoms with van der Waals surface area (Å²) in [5, 5.41) is 12.5. The van der Waals surface area contributed by atoms with Crippen molar-refractivity contribution >= 4 is 16.5 Å². The Hall–Kier alpha value is -2.87. The molecule has 0 unspecified atom stereocenters. The maximum absolute atomic E-state index is 12.3. The van der Waals surface area contributed by atoms with Crippen molar-refractivity contribution in [3.8, 4) is 11.6 Å². The Morgan fingerprint density at radius 1 is 1.16 bits per heavy atom. The molecular weight excluding hydrogens is 407 g/mol. The van der Waals surface area contributed by atoms with Gasteiger partial charge in [0.05, 0.1) is 6.54 Å². The highest BCUT2D eigenvalue weighted by atomic mass is 19.4. The van der Waals surface area contributed by atoms with Crippen molar-refractivity contribution < 1.29 is 23.0 Å². The van der Waals surface area contributed by atoms with Gasteiger partial charge < -0.3 is 24.2 Å². The minimum atomic E-state index is -4.71. The molecular formula is C23H26F3N3O2. The predicted octanol–water partition coefficient (Wildman–Crippen LogP) is 4.74. The molecule has 4 rings (SSSR count). The zero-order valence-corrected chi connectivity index (χ0v) is 17.8. The summed E-state index contributed by atoms with van der Waals surface area (Å²) in [6, 6.07) is 10.4. The van der Waals surface area contributed by atoms with Crippen LogP contribution in [0.25, 0.3) is 10.8 Å². The molecule has 0 amide bonds. The van der Waals surface area contributed by atoms with E-state index in [1.807, 2.05) is 13.1 Å². The van der Waals surface area contributed by atoms with Crippen LogP contribution < -0.4 is 9.64 Å². The fourth-order valence-electron chi connectivity index (χ4n) is 4.27. The average Bonchev–Trinajstić information content (AvgIpc) is 3.28. The van der Waals surface area contributed by atoms with Crippen molar-refractivity contribution in [1.82, 2.24) is 9.47 Å². The second kappa shape index (κ2) is 8.00. The van der Waals surface area contributed by atoms with Crippen molar-refractivity contribution in [2.75, 3.05) is 32.1 Å². The van der Waals surface area contributed by atoms with Gasteiger partial charge in [-0.05, 0) is 62.8 Å². The van der Waals surface area contributed by atoms with Gasteiger partial charge in [-0.25, -0.2) is 0 Å². The molecule has 1 saturated heterocycles. The number of fused-ring (bicyclic) bond motifs is 1. The Balaban J connectivity index is 1.57. The third-order valence-corrected chi connectivity index (χ3v) is 5.91. The number of halogens is 3. The van der Waals surface area contributed by atoms with Crippen LogP contribution in [0.5, 0.6) is 11.6 Å². The van der Waals surface area contributed by atoms with E-state index in [4.69, 9.17) is 0 Å². The molecule has 1 fully saturated rings. The normalized spacial score (nSPS) is 17.1. The summed E-state index contributed by atoms with van der Waals surface area (Å²) < 4.78 is 42.6. The first kappa shape index (κ1) is 21.4. The number of likely N-dealkylation sites (N-methyl/N-ethyl adjacent to an activating group) is 1. The van der Waals surface area contributed by atoms with Crippen LogP contribution in [0.15, 0.2) is 42.6 Å². The summed E-state index contributed by atoms with van der Waals surface area (Å²) in [5.74, 6) is -0.109. The number of rotatable bonds is 5. The molecule has 1 aromatic heterocycles. The van der Waals surface area contributed by atoms with Gasteiger partial charge in [-0.2, -0.15) is 0 Å². The lowest BCUT2D eigenvalue weighted by Gasteiger charge is -2.22. The fourth-order valence-corrected chi connectivity index (χ4v) is 4.27. The highest BCUT2D eigenvalue weighted by molar-refractivity contribution is 5.93. The van der Waals surface area contributed by atoms with Crippen molar-refractivity contribution in [3.63, 3.8) is 0 Å². The summed E-state index contributed by atoms with van der Waals surface area (Å²) in [6.45, 7) is 4.29. The highest BCUT2D eigenvalue weighted by Gasteiger charge is 2.31. The van der Waals surface area contributed by atoms with Gasteiger partial charge in [0.2, 0.25) is 0 Å². The topological polar surface area (TPSA) is 40.9 Å². The number of aryl methyl sites for hydroxylation is 1. The average molecular weight is 433 g/mol. The number of nitrogens with zero attached hydrogens (tertiary/aromatic N) is 3. The molecule has 166 valence electrons. The van der Waals surface area contributed by atoms with Crippen LogP contribution in [-0.2, 0) is 6.54 Å². The number of alkyl halides is 3. The number of aromatic nitrogens is 1. The minimum absolute atomic E-state index is 0.155. The van der Waals surface area contributed by atoms with Gasteiger partial charge in [0.1, 0.15) is 5.75 Å². The van der Waals surface area contributed by atoms with Gasteiger partial charge in [0, 0.05) is 41.8 Å². The quantitative estimate of drug-likeness (QED) is 0.631. The smallest absolute Gasteiger partial charge is 0.494 e. The van der Waals surface area contributed by atoms with Crippen LogP contribution >= 0.6 is 0 Å². The third-order valence-electron chi connectivity index (χ3n) is 5.91.